The number of hydrogen-bond donors (Lipinski definition) is 2. The highest BCUT2D eigenvalue weighted by Gasteiger charge is 2.31. The molecule has 3 aromatic rings. The van der Waals surface area contributed by atoms with Crippen molar-refractivity contribution in [3.63, 3.8) is 0 Å². The minimum absolute atomic E-state index is 0.143. The van der Waals surface area contributed by atoms with Gasteiger partial charge in [0, 0.05) is 17.4 Å². The van der Waals surface area contributed by atoms with Gasteiger partial charge in [0.05, 0.1) is 12.7 Å². The van der Waals surface area contributed by atoms with E-state index in [2.05, 4.69) is 15.3 Å². The zero-order valence-electron chi connectivity index (χ0n) is 16.9. The lowest BCUT2D eigenvalue weighted by atomic mass is 9.86. The van der Waals surface area contributed by atoms with E-state index < -0.39 is 5.92 Å². The van der Waals surface area contributed by atoms with Gasteiger partial charge in [-0.15, -0.1) is 0 Å². The number of methoxy groups -OCH3 is 1. The second-order valence-electron chi connectivity index (χ2n) is 6.97. The molecular formula is C22H20ClN3O4S. The smallest absolute Gasteiger partial charge is 0.257 e. The van der Waals surface area contributed by atoms with E-state index >= 15 is 0 Å². The first-order chi connectivity index (χ1) is 15.0. The third kappa shape index (κ3) is 4.55. The van der Waals surface area contributed by atoms with Crippen LogP contribution < -0.4 is 20.3 Å². The molecule has 0 saturated carbocycles. The van der Waals surface area contributed by atoms with Crippen LogP contribution in [0, 0.1) is 0 Å². The van der Waals surface area contributed by atoms with Crippen LogP contribution in [0.2, 0.25) is 5.02 Å². The predicted octanol–water partition coefficient (Wildman–Crippen LogP) is 4.21. The topological polar surface area (TPSA) is 93.3 Å². The number of thioether (sulfide) groups is 1. The number of H-pyrrole nitrogens is 1. The van der Waals surface area contributed by atoms with Gasteiger partial charge < -0.3 is 19.8 Å². The van der Waals surface area contributed by atoms with Crippen molar-refractivity contribution in [1.82, 2.24) is 9.97 Å². The van der Waals surface area contributed by atoms with Gasteiger partial charge in [0.1, 0.15) is 12.4 Å². The largest absolute Gasteiger partial charge is 0.493 e. The number of nitrogens with one attached hydrogen (secondary N) is 2. The monoisotopic (exact) mass is 457 g/mol. The number of benzene rings is 2. The van der Waals surface area contributed by atoms with Crippen molar-refractivity contribution >= 4 is 35.1 Å². The number of halogens is 1. The molecule has 1 aliphatic heterocycles. The zero-order valence-corrected chi connectivity index (χ0v) is 18.5. The summed E-state index contributed by atoms with van der Waals surface area (Å²) in [4.78, 5) is 32.1. The Morgan fingerprint density at radius 2 is 1.94 bits per heavy atom. The van der Waals surface area contributed by atoms with E-state index in [0.717, 1.165) is 11.1 Å². The van der Waals surface area contributed by atoms with Gasteiger partial charge in [-0.2, -0.15) is 0 Å². The standard InChI is InChI=1S/C22H20ClN3O4S/c1-29-17-9-13(5-8-16(17)30-11-12-3-6-14(23)7-4-12)15-10-18(27)24-20-19(15)21(28)26-22(25-20)31-2/h3-9,15H,10-11H2,1-2H3,(H2,24,25,26,27,28)/t15-/m0/s1. The molecule has 0 spiro atoms. The average molecular weight is 458 g/mol. The molecule has 9 heteroatoms. The van der Waals surface area contributed by atoms with Crippen LogP contribution in [0.1, 0.15) is 29.0 Å². The van der Waals surface area contributed by atoms with Crippen LogP contribution in [0.5, 0.6) is 11.5 Å². The first kappa shape index (κ1) is 21.3. The summed E-state index contributed by atoms with van der Waals surface area (Å²) in [6.07, 6.45) is 1.95. The van der Waals surface area contributed by atoms with Crippen LogP contribution in [0.15, 0.2) is 52.4 Å². The van der Waals surface area contributed by atoms with Gasteiger partial charge in [0.25, 0.3) is 5.56 Å². The molecule has 0 aliphatic carbocycles. The number of nitrogens with zero attached hydrogens (tertiary/aromatic N) is 1. The van der Waals surface area contributed by atoms with Gasteiger partial charge in [-0.3, -0.25) is 9.59 Å². The van der Waals surface area contributed by atoms with Crippen molar-refractivity contribution in [2.75, 3.05) is 18.7 Å². The first-order valence-corrected chi connectivity index (χ1v) is 11.1. The quantitative estimate of drug-likeness (QED) is 0.425. The van der Waals surface area contributed by atoms with Gasteiger partial charge in [-0.25, -0.2) is 4.98 Å². The van der Waals surface area contributed by atoms with E-state index in [0.29, 0.717) is 39.7 Å². The maximum atomic E-state index is 12.7. The number of carbonyl (C=O) groups excluding carboxylic acids is 1. The minimum atomic E-state index is -0.435. The lowest BCUT2D eigenvalue weighted by Crippen LogP contribution is -2.31. The molecule has 0 fully saturated rings. The number of fused-ring (bicyclic) bond motifs is 1. The number of amides is 1. The molecule has 1 amide bonds. The summed E-state index contributed by atoms with van der Waals surface area (Å²) in [6.45, 7) is 0.350. The second-order valence-corrected chi connectivity index (χ2v) is 8.20. The van der Waals surface area contributed by atoms with Crippen LogP contribution in [0.4, 0.5) is 5.82 Å². The number of aromatic amines is 1. The molecule has 1 aliphatic rings. The number of rotatable bonds is 6. The Hall–Kier alpha value is -2.97. The fraction of sp³-hybridized carbons (Fsp3) is 0.227. The number of ether oxygens (including phenoxy) is 2. The van der Waals surface area contributed by atoms with Gasteiger partial charge in [-0.1, -0.05) is 41.6 Å². The van der Waals surface area contributed by atoms with E-state index in [4.69, 9.17) is 21.1 Å². The normalized spacial score (nSPS) is 15.2. The first-order valence-electron chi connectivity index (χ1n) is 9.51. The molecule has 0 saturated heterocycles. The molecule has 7 nitrogen and oxygen atoms in total. The van der Waals surface area contributed by atoms with E-state index in [9.17, 15) is 9.59 Å². The molecule has 1 atom stereocenters. The molecule has 31 heavy (non-hydrogen) atoms. The molecule has 2 aromatic carbocycles. The molecule has 160 valence electrons. The molecule has 1 aromatic heterocycles. The van der Waals surface area contributed by atoms with Crippen LogP contribution >= 0.6 is 23.4 Å². The fourth-order valence-corrected chi connectivity index (χ4v) is 4.00. The minimum Gasteiger partial charge on any atom is -0.493 e. The Balaban J connectivity index is 1.64. The summed E-state index contributed by atoms with van der Waals surface area (Å²) in [5.41, 5.74) is 1.92. The zero-order chi connectivity index (χ0) is 22.0. The fourth-order valence-electron chi connectivity index (χ4n) is 3.49. The summed E-state index contributed by atoms with van der Waals surface area (Å²) >= 11 is 7.23. The van der Waals surface area contributed by atoms with Crippen molar-refractivity contribution in [1.29, 1.82) is 0 Å². The van der Waals surface area contributed by atoms with Crippen LogP contribution in [0.25, 0.3) is 0 Å². The van der Waals surface area contributed by atoms with Gasteiger partial charge in [0.15, 0.2) is 16.7 Å². The lowest BCUT2D eigenvalue weighted by molar-refractivity contribution is -0.116. The average Bonchev–Trinajstić information content (AvgIpc) is 2.77. The lowest BCUT2D eigenvalue weighted by Gasteiger charge is -2.25. The van der Waals surface area contributed by atoms with E-state index in [1.54, 1.807) is 37.6 Å². The van der Waals surface area contributed by atoms with E-state index in [1.165, 1.54) is 11.8 Å². The number of aromatic nitrogens is 2. The number of anilines is 1. The van der Waals surface area contributed by atoms with Crippen molar-refractivity contribution < 1.29 is 14.3 Å². The summed E-state index contributed by atoms with van der Waals surface area (Å²) in [6, 6.07) is 12.8. The molecule has 2 N–H and O–H groups in total. The van der Waals surface area contributed by atoms with Crippen molar-refractivity contribution in [3.8, 4) is 11.5 Å². The molecule has 0 radical (unpaired) electrons. The Labute approximate surface area is 188 Å². The maximum Gasteiger partial charge on any atom is 0.257 e. The third-order valence-electron chi connectivity index (χ3n) is 5.02. The Kier molecular flexibility index (Phi) is 6.20. The molecule has 4 rings (SSSR count). The summed E-state index contributed by atoms with van der Waals surface area (Å²) < 4.78 is 11.4. The number of carbonyl (C=O) groups is 1. The van der Waals surface area contributed by atoms with Gasteiger partial charge in [-0.05, 0) is 41.6 Å². The Morgan fingerprint density at radius 1 is 1.16 bits per heavy atom. The van der Waals surface area contributed by atoms with E-state index in [-0.39, 0.29) is 17.9 Å². The van der Waals surface area contributed by atoms with E-state index in [1.807, 2.05) is 18.2 Å². The van der Waals surface area contributed by atoms with Crippen LogP contribution in [0.3, 0.4) is 0 Å². The van der Waals surface area contributed by atoms with Crippen molar-refractivity contribution in [2.45, 2.75) is 24.1 Å². The SMILES string of the molecule is COc1cc([C@@H]2CC(=O)Nc3nc(SC)[nH]c(=O)c32)ccc1OCc1ccc(Cl)cc1. The highest BCUT2D eigenvalue weighted by atomic mass is 35.5. The molecule has 0 bridgehead atoms. The van der Waals surface area contributed by atoms with Crippen molar-refractivity contribution in [2.24, 2.45) is 0 Å². The third-order valence-corrected chi connectivity index (χ3v) is 5.85. The Bertz CT molecular complexity index is 1180. The molecule has 2 heterocycles. The van der Waals surface area contributed by atoms with Crippen molar-refractivity contribution in [3.05, 3.63) is 74.5 Å². The van der Waals surface area contributed by atoms with Crippen LogP contribution in [-0.2, 0) is 11.4 Å². The Morgan fingerprint density at radius 3 is 2.65 bits per heavy atom. The predicted molar refractivity (Wildman–Crippen MR) is 121 cm³/mol. The second kappa shape index (κ2) is 9.03. The molecular weight excluding hydrogens is 438 g/mol. The number of hydrogen-bond acceptors (Lipinski definition) is 6. The summed E-state index contributed by atoms with van der Waals surface area (Å²) in [7, 11) is 1.55. The van der Waals surface area contributed by atoms with Gasteiger partial charge in [0.2, 0.25) is 5.91 Å². The summed E-state index contributed by atoms with van der Waals surface area (Å²) in [5.74, 6) is 0.756. The van der Waals surface area contributed by atoms with Gasteiger partial charge >= 0.3 is 0 Å². The maximum absolute atomic E-state index is 12.7. The van der Waals surface area contributed by atoms with Crippen LogP contribution in [-0.4, -0.2) is 29.2 Å². The highest BCUT2D eigenvalue weighted by Crippen LogP contribution is 2.38. The summed E-state index contributed by atoms with van der Waals surface area (Å²) in [5, 5.41) is 3.82. The highest BCUT2D eigenvalue weighted by molar-refractivity contribution is 7.98. The molecule has 0 unspecified atom stereocenters.